The van der Waals surface area contributed by atoms with Gasteiger partial charge in [0.15, 0.2) is 0 Å². The number of carboxylic acids is 1. The van der Waals surface area contributed by atoms with E-state index in [9.17, 15) is 49.3 Å². The summed E-state index contributed by atoms with van der Waals surface area (Å²) in [7, 11) is -6.66. The zero-order chi connectivity index (χ0) is 78.3. The number of halogens is 4. The predicted octanol–water partition coefficient (Wildman–Crippen LogP) is 16.7. The lowest BCUT2D eigenvalue weighted by Crippen LogP contribution is -2.24. The third-order valence-corrected chi connectivity index (χ3v) is 22.0. The van der Waals surface area contributed by atoms with Gasteiger partial charge in [0.1, 0.15) is 17.5 Å². The van der Waals surface area contributed by atoms with Gasteiger partial charge >= 0.3 is 13.8 Å². The van der Waals surface area contributed by atoms with E-state index in [0.29, 0.717) is 62.2 Å². The summed E-state index contributed by atoms with van der Waals surface area (Å²) in [5, 5.41) is 31.9. The van der Waals surface area contributed by atoms with Crippen LogP contribution in [0.15, 0.2) is 159 Å². The number of aliphatic hydroxyl groups is 2. The van der Waals surface area contributed by atoms with Crippen LogP contribution in [0.5, 0.6) is 0 Å². The van der Waals surface area contributed by atoms with E-state index in [2.05, 4.69) is 15.2 Å². The van der Waals surface area contributed by atoms with E-state index in [0.717, 1.165) is 117 Å². The maximum atomic E-state index is 14.2. The molecule has 0 radical (unpaired) electrons. The summed E-state index contributed by atoms with van der Waals surface area (Å²) in [5.74, 6) is -2.30. The van der Waals surface area contributed by atoms with Crippen LogP contribution in [0, 0.1) is 17.5 Å². The second-order valence-corrected chi connectivity index (χ2v) is 33.8. The van der Waals surface area contributed by atoms with Crippen LogP contribution in [0.1, 0.15) is 149 Å². The molecule has 106 heavy (non-hydrogen) atoms. The molecule has 0 spiro atoms. The molecule has 574 valence electrons. The summed E-state index contributed by atoms with van der Waals surface area (Å²) >= 11 is 5.17. The zero-order valence-corrected chi connectivity index (χ0v) is 66.5. The Morgan fingerprint density at radius 2 is 0.802 bits per heavy atom. The van der Waals surface area contributed by atoms with E-state index in [1.807, 2.05) is 99.7 Å². The van der Waals surface area contributed by atoms with Crippen molar-refractivity contribution >= 4 is 128 Å². The number of unbranched alkanes of at least 4 members (excludes halogenated alkanes) is 3. The number of aliphatic carboxylic acids is 1. The summed E-state index contributed by atoms with van der Waals surface area (Å²) in [5.41, 5.74) is 20.3. The van der Waals surface area contributed by atoms with Gasteiger partial charge in [0.2, 0.25) is 11.8 Å². The van der Waals surface area contributed by atoms with Crippen molar-refractivity contribution in [1.29, 1.82) is 0 Å². The van der Waals surface area contributed by atoms with E-state index in [1.54, 1.807) is 69.9 Å². The standard InChI is InChI=1S/C28H35FNO6PS.C24H26FNO3S.C20H17FO3S.C4H11NO.C3H8ClO2P/c1-5-34-37(32,35-6-2)36-16-8-7-15-30-28(31)19-26-20(3)25(24-14-11-22(29)18-27(24)26)17-21-9-12-23(13-10-21)38(4)33;1-16-21(13-17-5-8-19(9-6-17)30(2)29)20-10-7-18(25)14-23(20)22(16)15-24(28)26-11-3-4-12-27;1-12-17(9-13-3-6-15(7-4-13)25(2)24)16-8-5-14(21)10-19(16)18(12)11-20(22)23;5-3-1-2-4-6;1-3-6-7(2,4)5/h9-14,17-18H,5-8,15-16,19H2,1-4H3,(H,30,31);5-10,13-14,27H,3-4,11-12,15H2,1-2H3,(H,26,28);3-10H,11H2,1-2H3,(H,22,23);6H,1-5H2;3H2,1-2H3/b25-17-;21-13-;17-9-;;. The third kappa shape index (κ3) is 28.5. The highest BCUT2D eigenvalue weighted by atomic mass is 35.7. The minimum absolute atomic E-state index is 0.107. The summed E-state index contributed by atoms with van der Waals surface area (Å²) in [6.07, 6.45) is 15.4. The van der Waals surface area contributed by atoms with Crippen molar-refractivity contribution in [3.63, 3.8) is 0 Å². The maximum absolute atomic E-state index is 14.2. The van der Waals surface area contributed by atoms with Crippen LogP contribution >= 0.6 is 25.8 Å². The number of nitrogens with one attached hydrogen (secondary N) is 2. The smallest absolute Gasteiger partial charge is 0.474 e. The van der Waals surface area contributed by atoms with Crippen molar-refractivity contribution in [2.45, 2.75) is 114 Å². The molecule has 0 heterocycles. The van der Waals surface area contributed by atoms with Gasteiger partial charge in [0.05, 0.1) is 45.7 Å². The normalized spacial score (nSPS) is 15.3. The van der Waals surface area contributed by atoms with Gasteiger partial charge in [-0.15, -0.1) is 0 Å². The summed E-state index contributed by atoms with van der Waals surface area (Å²) < 4.78 is 119. The molecule has 0 saturated heterocycles. The van der Waals surface area contributed by atoms with E-state index in [1.165, 1.54) is 43.1 Å². The number of amides is 2. The number of phosphoric ester groups is 1. The highest BCUT2D eigenvalue weighted by molar-refractivity contribution is 7.85. The number of carbonyl (C=O) groups is 3. The monoisotopic (exact) mass is 1580 g/mol. The lowest BCUT2D eigenvalue weighted by atomic mass is 10.0. The molecule has 4 unspecified atom stereocenters. The minimum Gasteiger partial charge on any atom is -0.481 e. The van der Waals surface area contributed by atoms with E-state index in [4.69, 9.17) is 45.9 Å². The molecule has 9 rings (SSSR count). The number of rotatable bonds is 31. The largest absolute Gasteiger partial charge is 0.481 e. The fraction of sp³-hybridized carbons (Fsp3) is 0.354. The number of hydrogen-bond donors (Lipinski definition) is 6. The Balaban J connectivity index is 0.000000266. The molecule has 18 nitrogen and oxygen atoms in total. The van der Waals surface area contributed by atoms with Crippen molar-refractivity contribution < 1.29 is 82.7 Å². The Morgan fingerprint density at radius 3 is 1.08 bits per heavy atom. The molecule has 27 heteroatoms. The number of carbonyl (C=O) groups excluding carboxylic acids is 2. The Labute approximate surface area is 633 Å². The van der Waals surface area contributed by atoms with Gasteiger partial charge in [-0.1, -0.05) is 54.6 Å². The second kappa shape index (κ2) is 45.0. The van der Waals surface area contributed by atoms with Crippen molar-refractivity contribution in [2.75, 3.05) is 84.7 Å². The highest BCUT2D eigenvalue weighted by Gasteiger charge is 2.30. The van der Waals surface area contributed by atoms with Crippen LogP contribution in [-0.2, 0) is 74.0 Å². The van der Waals surface area contributed by atoms with Crippen molar-refractivity contribution in [1.82, 2.24) is 10.6 Å². The van der Waals surface area contributed by atoms with Crippen molar-refractivity contribution in [3.8, 4) is 0 Å². The Hall–Kier alpha value is -7.12. The van der Waals surface area contributed by atoms with Gasteiger partial charge in [-0.3, -0.25) is 45.1 Å². The van der Waals surface area contributed by atoms with Gasteiger partial charge < -0.3 is 36.2 Å². The van der Waals surface area contributed by atoms with Gasteiger partial charge in [0.25, 0.3) is 6.72 Å². The van der Waals surface area contributed by atoms with E-state index < -0.39 is 52.9 Å². The molecule has 0 aromatic heterocycles. The number of allylic oxidation sites excluding steroid dienone is 6. The third-order valence-electron chi connectivity index (χ3n) is 16.5. The van der Waals surface area contributed by atoms with Crippen LogP contribution < -0.4 is 16.4 Å². The molecular weight excluding hydrogens is 1480 g/mol. The molecule has 2 amide bonds. The second-order valence-electron chi connectivity index (χ2n) is 24.4. The molecule has 7 N–H and O–H groups in total. The number of fused-ring (bicyclic) bond motifs is 3. The zero-order valence-electron chi connectivity index (χ0n) is 61.5. The molecule has 0 saturated carbocycles. The van der Waals surface area contributed by atoms with Gasteiger partial charge in [-0.05, 0) is 289 Å². The molecule has 0 aliphatic heterocycles. The first-order valence-electron chi connectivity index (χ1n) is 34.5. The Bertz CT molecular complexity index is 4370. The first kappa shape index (κ1) is 89.5. The Morgan fingerprint density at radius 1 is 0.481 bits per heavy atom. The fourth-order valence-electron chi connectivity index (χ4n) is 11.3. The minimum atomic E-state index is -3.53. The van der Waals surface area contributed by atoms with Crippen LogP contribution in [-0.4, -0.2) is 130 Å². The average molecular weight is 1580 g/mol. The van der Waals surface area contributed by atoms with Crippen molar-refractivity contribution in [2.24, 2.45) is 5.73 Å². The first-order valence-corrected chi connectivity index (χ1v) is 43.6. The summed E-state index contributed by atoms with van der Waals surface area (Å²) in [6.45, 7) is 12.7. The Kier molecular flexibility index (Phi) is 38.0. The number of phosphoric acid groups is 1. The summed E-state index contributed by atoms with van der Waals surface area (Å²) in [4.78, 5) is 38.6. The molecule has 3 aliphatic carbocycles. The SMILES string of the molecule is CC1=C(CC(=O)NCCCCO)c2cc(F)ccc2/C1=C\c1ccc(S(C)=O)cc1.CC1=C(CC(=O)O)c2cc(F)ccc2/C1=C\c1ccc(S(C)=O)cc1.CCOP(=O)(OCC)OCCCCNC(=O)CC1=C(C)/C(=C/c2ccc(S(C)=O)cc2)c2ccc(F)cc21.CCOP(C)(=O)Cl.NCCCCO. The lowest BCUT2D eigenvalue weighted by Gasteiger charge is -2.16. The number of aliphatic hydroxyl groups excluding tert-OH is 2. The quantitative estimate of drug-likeness (QED) is 0.0174. The molecule has 0 fully saturated rings. The molecule has 6 aromatic rings. The highest BCUT2D eigenvalue weighted by Crippen LogP contribution is 2.50. The molecule has 0 bridgehead atoms. The fourth-order valence-corrected chi connectivity index (χ4v) is 14.8. The number of nitrogens with two attached hydrogens (primary N) is 1. The molecule has 6 aromatic carbocycles. The number of hydrogen-bond acceptors (Lipinski definition) is 15. The average Bonchev–Trinajstić information content (AvgIpc) is 1.64. The molecular formula is C79H97ClF3N3O15P2S3. The lowest BCUT2D eigenvalue weighted by molar-refractivity contribution is -0.135. The van der Waals surface area contributed by atoms with Crippen LogP contribution in [0.3, 0.4) is 0 Å². The van der Waals surface area contributed by atoms with E-state index in [-0.39, 0.29) is 81.6 Å². The number of benzene rings is 6. The van der Waals surface area contributed by atoms with Crippen LogP contribution in [0.25, 0.3) is 51.7 Å². The van der Waals surface area contributed by atoms with Crippen LogP contribution in [0.4, 0.5) is 13.2 Å². The summed E-state index contributed by atoms with van der Waals surface area (Å²) in [6, 6.07) is 36.0. The van der Waals surface area contributed by atoms with Crippen molar-refractivity contribution in [3.05, 3.63) is 212 Å². The first-order chi connectivity index (χ1) is 50.4. The maximum Gasteiger partial charge on any atom is 0.474 e. The van der Waals surface area contributed by atoms with E-state index >= 15 is 0 Å². The molecule has 4 atom stereocenters. The van der Waals surface area contributed by atoms with Gasteiger partial charge in [-0.25, -0.2) is 17.7 Å². The predicted molar refractivity (Wildman–Crippen MR) is 423 cm³/mol. The van der Waals surface area contributed by atoms with Gasteiger partial charge in [-0.2, -0.15) is 0 Å². The van der Waals surface area contributed by atoms with Gasteiger partial charge in [0, 0.05) is 98.8 Å². The van der Waals surface area contributed by atoms with Crippen LogP contribution in [0.2, 0.25) is 0 Å². The molecule has 3 aliphatic rings. The number of carboxylic acid groups (broad SMARTS) is 1. The topological polar surface area (TPSA) is 284 Å².